The third-order valence-electron chi connectivity index (χ3n) is 2.55. The van der Waals surface area contributed by atoms with E-state index in [0.717, 1.165) is 6.26 Å². The van der Waals surface area contributed by atoms with Crippen LogP contribution in [-0.4, -0.2) is 27.9 Å². The van der Waals surface area contributed by atoms with Gasteiger partial charge in [0.1, 0.15) is 11.8 Å². The van der Waals surface area contributed by atoms with Crippen LogP contribution in [0.4, 0.5) is 4.39 Å². The summed E-state index contributed by atoms with van der Waals surface area (Å²) >= 11 is 0. The van der Waals surface area contributed by atoms with Crippen LogP contribution in [0.1, 0.15) is 17.4 Å². The van der Waals surface area contributed by atoms with Gasteiger partial charge >= 0.3 is 5.97 Å². The number of aromatic nitrogens is 3. The number of hydrogen-bond donors (Lipinski definition) is 0. The van der Waals surface area contributed by atoms with Crippen molar-refractivity contribution in [3.63, 3.8) is 0 Å². The second kappa shape index (κ2) is 4.72. The summed E-state index contributed by atoms with van der Waals surface area (Å²) in [7, 11) is 0. The van der Waals surface area contributed by atoms with E-state index >= 15 is 0 Å². The highest BCUT2D eigenvalue weighted by Crippen LogP contribution is 2.24. The number of carbonyl (C=O) groups is 1. The molecule has 0 spiro atoms. The van der Waals surface area contributed by atoms with E-state index < -0.39 is 11.8 Å². The van der Waals surface area contributed by atoms with E-state index in [4.69, 9.17) is 9.15 Å². The Morgan fingerprint density at radius 1 is 1.40 bits per heavy atom. The minimum Gasteiger partial charge on any atom is -0.461 e. The molecule has 20 heavy (non-hydrogen) atoms. The van der Waals surface area contributed by atoms with Gasteiger partial charge in [0.05, 0.1) is 6.61 Å². The van der Waals surface area contributed by atoms with Gasteiger partial charge in [-0.3, -0.25) is 0 Å². The predicted molar refractivity (Wildman–Crippen MR) is 63.2 cm³/mol. The topological polar surface area (TPSA) is 91.2 Å². The van der Waals surface area contributed by atoms with Gasteiger partial charge in [-0.2, -0.15) is 0 Å². The predicted octanol–water partition coefficient (Wildman–Crippen LogP) is 2.19. The fraction of sp³-hybridized carbons (Fsp3) is 0.167. The average Bonchev–Trinajstić information content (AvgIpc) is 3.08. The number of rotatable bonds is 3. The molecule has 0 atom stereocenters. The minimum absolute atomic E-state index is 0.0145. The van der Waals surface area contributed by atoms with Gasteiger partial charge in [-0.15, -0.1) is 0 Å². The molecule has 3 rings (SSSR count). The van der Waals surface area contributed by atoms with Crippen molar-refractivity contribution in [3.8, 4) is 11.5 Å². The van der Waals surface area contributed by atoms with Crippen LogP contribution < -0.4 is 0 Å². The maximum Gasteiger partial charge on any atom is 0.360 e. The Morgan fingerprint density at radius 2 is 2.25 bits per heavy atom. The van der Waals surface area contributed by atoms with Gasteiger partial charge in [0.15, 0.2) is 17.0 Å². The van der Waals surface area contributed by atoms with Gasteiger partial charge in [-0.1, -0.05) is 0 Å². The lowest BCUT2D eigenvalue weighted by Crippen LogP contribution is -2.04. The lowest BCUT2D eigenvalue weighted by atomic mass is 10.2. The largest absolute Gasteiger partial charge is 0.461 e. The smallest absolute Gasteiger partial charge is 0.360 e. The second-order valence-electron chi connectivity index (χ2n) is 3.85. The Kier molecular flexibility index (Phi) is 2.90. The third-order valence-corrected chi connectivity index (χ3v) is 2.55. The van der Waals surface area contributed by atoms with Crippen LogP contribution in [0.3, 0.4) is 0 Å². The molecule has 0 saturated carbocycles. The van der Waals surface area contributed by atoms with Crippen molar-refractivity contribution in [1.82, 2.24) is 15.3 Å². The van der Waals surface area contributed by atoms with Gasteiger partial charge in [-0.05, 0) is 29.4 Å². The Hall–Kier alpha value is -2.77. The van der Waals surface area contributed by atoms with Gasteiger partial charge in [0, 0.05) is 5.56 Å². The number of carbonyl (C=O) groups excluding carboxylic acids is 1. The first kappa shape index (κ1) is 12.3. The molecule has 0 radical (unpaired) electrons. The van der Waals surface area contributed by atoms with Gasteiger partial charge in [-0.25, -0.2) is 18.8 Å². The van der Waals surface area contributed by atoms with Crippen molar-refractivity contribution in [2.24, 2.45) is 0 Å². The van der Waals surface area contributed by atoms with Crippen LogP contribution >= 0.6 is 0 Å². The molecule has 0 bridgehead atoms. The molecular weight excluding hydrogens is 269 g/mol. The molecule has 2 aromatic heterocycles. The molecule has 0 aliphatic carbocycles. The van der Waals surface area contributed by atoms with E-state index in [9.17, 15) is 9.18 Å². The molecule has 1 aromatic carbocycles. The third kappa shape index (κ3) is 2.00. The van der Waals surface area contributed by atoms with E-state index in [0.29, 0.717) is 5.56 Å². The lowest BCUT2D eigenvalue weighted by Gasteiger charge is -1.96. The standard InChI is InChI=1S/C12H8FN3O4/c1-2-18-12(17)9-5-19-11(14-9)6-3-7(13)10-8(4-6)15-20-16-10/h3-5H,2H2,1H3. The first-order valence-electron chi connectivity index (χ1n) is 5.74. The summed E-state index contributed by atoms with van der Waals surface area (Å²) in [6.07, 6.45) is 1.15. The Labute approximate surface area is 111 Å². The molecule has 0 saturated heterocycles. The van der Waals surface area contributed by atoms with E-state index in [1.165, 1.54) is 12.1 Å². The van der Waals surface area contributed by atoms with E-state index in [1.807, 2.05) is 0 Å². The molecule has 0 fully saturated rings. The second-order valence-corrected chi connectivity index (χ2v) is 3.85. The number of esters is 1. The molecule has 0 aliphatic heterocycles. The summed E-state index contributed by atoms with van der Waals surface area (Å²) in [5.74, 6) is -1.14. The van der Waals surface area contributed by atoms with Crippen LogP contribution in [0.25, 0.3) is 22.5 Å². The molecule has 0 unspecified atom stereocenters. The monoisotopic (exact) mass is 277 g/mol. The summed E-state index contributed by atoms with van der Waals surface area (Å²) in [4.78, 5) is 15.4. The van der Waals surface area contributed by atoms with E-state index in [-0.39, 0.29) is 29.2 Å². The van der Waals surface area contributed by atoms with E-state index in [2.05, 4.69) is 19.9 Å². The fourth-order valence-corrected chi connectivity index (χ4v) is 1.68. The molecule has 0 N–H and O–H groups in total. The molecular formula is C12H8FN3O4. The number of ether oxygens (including phenoxy) is 1. The van der Waals surface area contributed by atoms with Crippen LogP contribution in [0, 0.1) is 5.82 Å². The molecule has 2 heterocycles. The first-order valence-corrected chi connectivity index (χ1v) is 5.74. The highest BCUT2D eigenvalue weighted by atomic mass is 19.1. The maximum absolute atomic E-state index is 13.7. The van der Waals surface area contributed by atoms with Crippen molar-refractivity contribution in [2.75, 3.05) is 6.61 Å². The quantitative estimate of drug-likeness (QED) is 0.677. The van der Waals surface area contributed by atoms with Crippen LogP contribution in [0.5, 0.6) is 0 Å². The van der Waals surface area contributed by atoms with Crippen molar-refractivity contribution in [2.45, 2.75) is 6.92 Å². The van der Waals surface area contributed by atoms with Crippen molar-refractivity contribution < 1.29 is 23.0 Å². The SMILES string of the molecule is CCOC(=O)c1coc(-c2cc(F)c3nonc3c2)n1. The lowest BCUT2D eigenvalue weighted by molar-refractivity contribution is 0.0519. The van der Waals surface area contributed by atoms with Crippen molar-refractivity contribution >= 4 is 17.0 Å². The number of benzene rings is 1. The first-order chi connectivity index (χ1) is 9.69. The van der Waals surface area contributed by atoms with Crippen molar-refractivity contribution in [1.29, 1.82) is 0 Å². The Bertz CT molecular complexity index is 780. The Morgan fingerprint density at radius 3 is 3.05 bits per heavy atom. The highest BCUT2D eigenvalue weighted by Gasteiger charge is 2.17. The number of nitrogens with zero attached hydrogens (tertiary/aromatic N) is 3. The van der Waals surface area contributed by atoms with Gasteiger partial charge in [0.2, 0.25) is 5.89 Å². The number of fused-ring (bicyclic) bond motifs is 1. The highest BCUT2D eigenvalue weighted by molar-refractivity contribution is 5.87. The number of hydrogen-bond acceptors (Lipinski definition) is 7. The van der Waals surface area contributed by atoms with Crippen LogP contribution in [0.15, 0.2) is 27.4 Å². The summed E-state index contributed by atoms with van der Waals surface area (Å²) in [6.45, 7) is 1.91. The van der Waals surface area contributed by atoms with Crippen LogP contribution in [-0.2, 0) is 4.74 Å². The minimum atomic E-state index is -0.616. The van der Waals surface area contributed by atoms with Gasteiger partial charge in [0.25, 0.3) is 0 Å². The normalized spacial score (nSPS) is 10.9. The molecule has 102 valence electrons. The summed E-state index contributed by atoms with van der Waals surface area (Å²) in [5.41, 5.74) is 0.587. The number of halogens is 1. The van der Waals surface area contributed by atoms with Crippen LogP contribution in [0.2, 0.25) is 0 Å². The molecule has 8 heteroatoms. The fourth-order valence-electron chi connectivity index (χ4n) is 1.68. The molecule has 0 amide bonds. The zero-order chi connectivity index (χ0) is 14.1. The summed E-state index contributed by atoms with van der Waals surface area (Å²) in [5, 5.41) is 6.97. The summed E-state index contributed by atoms with van der Waals surface area (Å²) in [6, 6.07) is 2.67. The zero-order valence-corrected chi connectivity index (χ0v) is 10.3. The zero-order valence-electron chi connectivity index (χ0n) is 10.3. The Balaban J connectivity index is 2.00. The molecule has 3 aromatic rings. The van der Waals surface area contributed by atoms with Gasteiger partial charge < -0.3 is 9.15 Å². The average molecular weight is 277 g/mol. The van der Waals surface area contributed by atoms with Crippen molar-refractivity contribution in [3.05, 3.63) is 29.9 Å². The molecule has 7 nitrogen and oxygen atoms in total. The summed E-state index contributed by atoms with van der Waals surface area (Å²) < 4.78 is 28.1. The maximum atomic E-state index is 13.7. The number of oxazole rings is 1. The molecule has 0 aliphatic rings. The van der Waals surface area contributed by atoms with E-state index in [1.54, 1.807) is 6.92 Å².